The monoisotopic (exact) mass is 701 g/mol. The maximum absolute atomic E-state index is 13.6. The number of alkyl halides is 3. The van der Waals surface area contributed by atoms with Gasteiger partial charge in [0.15, 0.2) is 5.78 Å². The zero-order chi connectivity index (χ0) is 37.0. The number of benzene rings is 2. The number of Topliss-reactive ketones (excluding diaryl/α,β-unsaturated/α-hetero) is 1. The van der Waals surface area contributed by atoms with Crippen LogP contribution < -0.4 is 16.4 Å². The molecular formula is C40H55F4N3OS. The number of hydrogen-bond donors (Lipinski definition) is 4. The third-order valence-electron chi connectivity index (χ3n) is 7.77. The van der Waals surface area contributed by atoms with E-state index in [1.165, 1.54) is 18.9 Å². The van der Waals surface area contributed by atoms with Crippen LogP contribution in [-0.2, 0) is 16.9 Å². The van der Waals surface area contributed by atoms with Gasteiger partial charge in [-0.3, -0.25) is 4.79 Å². The number of hydrogen-bond acceptors (Lipinski definition) is 5. The molecule has 3 rings (SSSR count). The molecule has 1 unspecified atom stereocenters. The summed E-state index contributed by atoms with van der Waals surface area (Å²) in [6.07, 6.45) is 9.29. The zero-order valence-corrected chi connectivity index (χ0v) is 30.6. The molecule has 9 heteroatoms. The Bertz CT molecular complexity index is 1440. The molecule has 0 saturated heterocycles. The Hall–Kier alpha value is -3.40. The first kappa shape index (κ1) is 43.6. The van der Waals surface area contributed by atoms with Gasteiger partial charge in [0.2, 0.25) is 0 Å². The van der Waals surface area contributed by atoms with Gasteiger partial charge in [-0.1, -0.05) is 95.3 Å². The van der Waals surface area contributed by atoms with Gasteiger partial charge in [-0.05, 0) is 97.9 Å². The molecule has 0 bridgehead atoms. The van der Waals surface area contributed by atoms with E-state index in [1.54, 1.807) is 32.0 Å². The van der Waals surface area contributed by atoms with Crippen LogP contribution in [0.5, 0.6) is 0 Å². The van der Waals surface area contributed by atoms with Gasteiger partial charge in [-0.15, -0.1) is 0 Å². The van der Waals surface area contributed by atoms with Crippen molar-refractivity contribution >= 4 is 24.1 Å². The Morgan fingerprint density at radius 1 is 1.12 bits per heavy atom. The summed E-state index contributed by atoms with van der Waals surface area (Å²) in [4.78, 5) is 12.1. The summed E-state index contributed by atoms with van der Waals surface area (Å²) < 4.78 is 51.7. The first-order valence-electron chi connectivity index (χ1n) is 16.9. The van der Waals surface area contributed by atoms with Crippen LogP contribution in [0.1, 0.15) is 82.9 Å². The highest BCUT2D eigenvalue weighted by molar-refractivity contribution is 7.80. The minimum Gasteiger partial charge on any atom is -0.353 e. The maximum Gasteiger partial charge on any atom is 0.415 e. The highest BCUT2D eigenvalue weighted by Gasteiger charge is 2.34. The first-order valence-corrected chi connectivity index (χ1v) is 17.5. The van der Waals surface area contributed by atoms with E-state index in [2.05, 4.69) is 36.4 Å². The average molecular weight is 702 g/mol. The van der Waals surface area contributed by atoms with Gasteiger partial charge in [0.05, 0.1) is 16.8 Å². The third-order valence-corrected chi connectivity index (χ3v) is 7.77. The molecule has 270 valence electrons. The van der Waals surface area contributed by atoms with Crippen molar-refractivity contribution in [2.45, 2.75) is 91.4 Å². The predicted octanol–water partition coefficient (Wildman–Crippen LogP) is 10.7. The van der Waals surface area contributed by atoms with Crippen molar-refractivity contribution in [3.8, 4) is 0 Å². The van der Waals surface area contributed by atoms with E-state index in [9.17, 15) is 22.4 Å². The molecule has 4 N–H and O–H groups in total. The lowest BCUT2D eigenvalue weighted by molar-refractivity contribution is -0.115. The van der Waals surface area contributed by atoms with Crippen LogP contribution in [0, 0.1) is 18.7 Å². The predicted molar refractivity (Wildman–Crippen MR) is 202 cm³/mol. The number of allylic oxidation sites excluding steroid dienone is 6. The van der Waals surface area contributed by atoms with E-state index in [4.69, 9.17) is 5.73 Å². The molecule has 0 amide bonds. The fourth-order valence-corrected chi connectivity index (χ4v) is 4.80. The summed E-state index contributed by atoms with van der Waals surface area (Å²) in [7, 11) is 0. The van der Waals surface area contributed by atoms with Crippen molar-refractivity contribution in [2.24, 2.45) is 11.7 Å². The summed E-state index contributed by atoms with van der Waals surface area (Å²) >= 11 is 3.79. The van der Waals surface area contributed by atoms with Crippen molar-refractivity contribution in [1.82, 2.24) is 5.32 Å². The molecule has 1 saturated carbocycles. The van der Waals surface area contributed by atoms with Crippen LogP contribution in [0.25, 0.3) is 0 Å². The van der Waals surface area contributed by atoms with Crippen LogP contribution in [0.2, 0.25) is 0 Å². The Morgan fingerprint density at radius 3 is 2.33 bits per heavy atom. The zero-order valence-electron chi connectivity index (χ0n) is 29.7. The Balaban J connectivity index is 0.000000455. The molecule has 4 nitrogen and oxygen atoms in total. The van der Waals surface area contributed by atoms with Crippen LogP contribution in [0.4, 0.5) is 23.2 Å². The van der Waals surface area contributed by atoms with E-state index >= 15 is 0 Å². The lowest BCUT2D eigenvalue weighted by Gasteiger charge is -2.32. The van der Waals surface area contributed by atoms with E-state index in [-0.39, 0.29) is 23.7 Å². The number of halogens is 4. The van der Waals surface area contributed by atoms with Crippen molar-refractivity contribution in [1.29, 1.82) is 0 Å². The van der Waals surface area contributed by atoms with Gasteiger partial charge in [0.1, 0.15) is 5.82 Å². The fraction of sp³-hybridized carbons (Fsp3) is 0.425. The molecule has 0 radical (unpaired) electrons. The normalized spacial score (nSPS) is 14.6. The van der Waals surface area contributed by atoms with Crippen LogP contribution in [-0.4, -0.2) is 24.3 Å². The molecule has 0 heterocycles. The first-order chi connectivity index (χ1) is 23.2. The molecule has 0 aromatic heterocycles. The van der Waals surface area contributed by atoms with E-state index in [1.807, 2.05) is 63.3 Å². The van der Waals surface area contributed by atoms with E-state index < -0.39 is 17.3 Å². The van der Waals surface area contributed by atoms with Crippen molar-refractivity contribution in [3.05, 3.63) is 125 Å². The molecule has 2 aromatic carbocycles. The Kier molecular flexibility index (Phi) is 19.9. The lowest BCUT2D eigenvalue weighted by Crippen LogP contribution is -2.38. The van der Waals surface area contributed by atoms with Crippen molar-refractivity contribution in [3.63, 3.8) is 0 Å². The molecule has 1 aliphatic carbocycles. The minimum absolute atomic E-state index is 0.0974. The number of carbonyl (C=O) groups excluding carboxylic acids is 1. The smallest absolute Gasteiger partial charge is 0.353 e. The standard InChI is InChI=1S/C20H26FN.C18H23F3N2O.C2H6S/c1-4-6-7-17(5-2)20(22,13-12-16-8-9-16)18-10-11-19(21)15(3)14-18;1-4-7-17(24)16(10-13(3)18(19,20)21)23-15-9-6-8-14(11-15)12-22-5-2;1-2-3/h4-7,10-11,14,16H,2,8-9,12-13,22H2,1,3H3;6,8-11,22-23H,3-5,7,12H2,1-2H3;3H,2H2,1H3/b6-4-,17-7+;16-10-;. The molecule has 1 fully saturated rings. The summed E-state index contributed by atoms with van der Waals surface area (Å²) in [5.74, 6) is 1.18. The Morgan fingerprint density at radius 2 is 1.80 bits per heavy atom. The van der Waals surface area contributed by atoms with Crippen molar-refractivity contribution in [2.75, 3.05) is 17.6 Å². The number of nitrogens with two attached hydrogens (primary N) is 1. The summed E-state index contributed by atoms with van der Waals surface area (Å²) in [5, 5.41) is 5.97. The summed E-state index contributed by atoms with van der Waals surface area (Å²) in [5.41, 5.74) is 9.16. The molecule has 2 aromatic rings. The second kappa shape index (κ2) is 22.3. The topological polar surface area (TPSA) is 67.1 Å². The molecule has 1 atom stereocenters. The van der Waals surface area contributed by atoms with Gasteiger partial charge in [0, 0.05) is 18.7 Å². The lowest BCUT2D eigenvalue weighted by atomic mass is 9.78. The van der Waals surface area contributed by atoms with Crippen LogP contribution >= 0.6 is 12.6 Å². The number of aryl methyl sites for hydroxylation is 1. The van der Waals surface area contributed by atoms with Crippen LogP contribution in [0.3, 0.4) is 0 Å². The van der Waals surface area contributed by atoms with E-state index in [0.29, 0.717) is 24.2 Å². The Labute approximate surface area is 297 Å². The number of carbonyl (C=O) groups is 1. The molecular weight excluding hydrogens is 647 g/mol. The fourth-order valence-electron chi connectivity index (χ4n) is 4.80. The highest BCUT2D eigenvalue weighted by atomic mass is 32.1. The maximum atomic E-state index is 13.6. The largest absolute Gasteiger partial charge is 0.415 e. The number of rotatable bonds is 16. The second-order valence-electron chi connectivity index (χ2n) is 11.9. The summed E-state index contributed by atoms with van der Waals surface area (Å²) in [6.45, 7) is 17.9. The molecule has 0 aliphatic heterocycles. The quantitative estimate of drug-likeness (QED) is 0.0609. The van der Waals surface area contributed by atoms with Gasteiger partial charge in [-0.2, -0.15) is 25.8 Å². The SMILES string of the molecule is C=C(/C=C(\Nc1cccc(CNCC)c1)C(=O)CCC)C(F)(F)F.C=C/C(=C\C=C/C)C(N)(CCC1CC1)c1ccc(F)c(C)c1.CCS. The molecule has 1 aliphatic rings. The minimum atomic E-state index is -4.56. The molecule has 0 spiro atoms. The van der Waals surface area contributed by atoms with Gasteiger partial charge < -0.3 is 16.4 Å². The average Bonchev–Trinajstić information content (AvgIpc) is 3.89. The second-order valence-corrected chi connectivity index (χ2v) is 12.6. The summed E-state index contributed by atoms with van der Waals surface area (Å²) in [6, 6.07) is 12.4. The third kappa shape index (κ3) is 15.8. The molecule has 49 heavy (non-hydrogen) atoms. The van der Waals surface area contributed by atoms with Gasteiger partial charge in [0.25, 0.3) is 0 Å². The van der Waals surface area contributed by atoms with Gasteiger partial charge >= 0.3 is 6.18 Å². The van der Waals surface area contributed by atoms with Gasteiger partial charge in [-0.25, -0.2) is 4.39 Å². The number of anilines is 1. The number of nitrogens with one attached hydrogen (secondary N) is 2. The number of ketones is 1. The highest BCUT2D eigenvalue weighted by Crippen LogP contribution is 2.40. The van der Waals surface area contributed by atoms with E-state index in [0.717, 1.165) is 53.8 Å². The van der Waals surface area contributed by atoms with Crippen molar-refractivity contribution < 1.29 is 22.4 Å². The number of thiol groups is 1. The van der Waals surface area contributed by atoms with Crippen LogP contribution in [0.15, 0.2) is 103 Å².